The Balaban J connectivity index is 3.29. The summed E-state index contributed by atoms with van der Waals surface area (Å²) in [5, 5.41) is 0.735. The highest BCUT2D eigenvalue weighted by atomic mass is 28.4. The monoisotopic (exact) mass is 335 g/mol. The number of carbonyl (C=O) groups is 3. The molecule has 1 rings (SSSR count). The van der Waals surface area contributed by atoms with E-state index in [0.29, 0.717) is 0 Å². The summed E-state index contributed by atoms with van der Waals surface area (Å²) in [6.07, 6.45) is -1.51. The Kier molecular flexibility index (Phi) is 5.68. The first-order valence-electron chi connectivity index (χ1n) is 6.53. The molecule has 0 N–H and O–H groups in total. The van der Waals surface area contributed by atoms with Crippen molar-refractivity contribution in [3.8, 4) is 0 Å². The van der Waals surface area contributed by atoms with Gasteiger partial charge in [-0.15, -0.1) is 0 Å². The summed E-state index contributed by atoms with van der Waals surface area (Å²) in [5.41, 5.74) is -2.01. The Labute approximate surface area is 129 Å². The Bertz CT molecular complexity index is 445. The van der Waals surface area contributed by atoms with Gasteiger partial charge in [-0.3, -0.25) is 4.84 Å². The first-order chi connectivity index (χ1) is 10.1. The van der Waals surface area contributed by atoms with Crippen LogP contribution in [0.2, 0.25) is 19.6 Å². The summed E-state index contributed by atoms with van der Waals surface area (Å²) in [6, 6.07) is 0. The Morgan fingerprint density at radius 1 is 1.05 bits per heavy atom. The van der Waals surface area contributed by atoms with Gasteiger partial charge in [-0.25, -0.2) is 14.4 Å². The maximum Gasteiger partial charge on any atom is 0.343 e. The van der Waals surface area contributed by atoms with Gasteiger partial charge in [0.2, 0.25) is 8.32 Å². The molecule has 0 amide bonds. The lowest BCUT2D eigenvalue weighted by Crippen LogP contribution is -2.59. The zero-order valence-corrected chi connectivity index (χ0v) is 14.5. The largest absolute Gasteiger partial charge is 0.467 e. The summed E-state index contributed by atoms with van der Waals surface area (Å²) in [6.45, 7) is 5.46. The van der Waals surface area contributed by atoms with E-state index in [1.165, 1.54) is 7.11 Å². The molecule has 1 atom stereocenters. The zero-order chi connectivity index (χ0) is 17.1. The fraction of sp³-hybridized carbons (Fsp3) is 0.750. The van der Waals surface area contributed by atoms with Crippen LogP contribution in [0, 0.1) is 0 Å². The van der Waals surface area contributed by atoms with Gasteiger partial charge < -0.3 is 18.7 Å². The number of hydrogen-bond donors (Lipinski definition) is 0. The molecule has 1 fully saturated rings. The number of hydroxylamine groups is 2. The maximum absolute atomic E-state index is 12.2. The molecule has 1 aliphatic rings. The number of rotatable bonds is 5. The first-order valence-corrected chi connectivity index (χ1v) is 9.94. The van der Waals surface area contributed by atoms with Crippen molar-refractivity contribution in [3.63, 3.8) is 0 Å². The van der Waals surface area contributed by atoms with Crippen molar-refractivity contribution >= 4 is 26.2 Å². The van der Waals surface area contributed by atoms with E-state index in [0.717, 1.165) is 19.4 Å². The number of methoxy groups -OCH3 is 3. The van der Waals surface area contributed by atoms with Crippen LogP contribution in [0.4, 0.5) is 0 Å². The summed E-state index contributed by atoms with van der Waals surface area (Å²) in [4.78, 5) is 41.5. The molecule has 0 aromatic carbocycles. The second-order valence-electron chi connectivity index (χ2n) is 5.63. The van der Waals surface area contributed by atoms with Crippen molar-refractivity contribution in [2.45, 2.75) is 37.7 Å². The van der Waals surface area contributed by atoms with Crippen LogP contribution in [0.3, 0.4) is 0 Å². The molecule has 22 heavy (non-hydrogen) atoms. The van der Waals surface area contributed by atoms with E-state index < -0.39 is 37.9 Å². The maximum atomic E-state index is 12.2. The quantitative estimate of drug-likeness (QED) is 0.298. The molecule has 10 heteroatoms. The van der Waals surface area contributed by atoms with Crippen LogP contribution < -0.4 is 0 Å². The fourth-order valence-corrected chi connectivity index (χ4v) is 2.62. The minimum atomic E-state index is -2.27. The standard InChI is InChI=1S/C12H21NO8Si/c1-17-9(14)8-7-12(10(15)18-2,11(16)19-3)13(20-8)21-22(4,5)6/h8H,7H2,1-6H3. The molecule has 0 radical (unpaired) electrons. The van der Waals surface area contributed by atoms with E-state index in [1.807, 2.05) is 19.6 Å². The van der Waals surface area contributed by atoms with E-state index >= 15 is 0 Å². The highest BCUT2D eigenvalue weighted by Gasteiger charge is 2.64. The van der Waals surface area contributed by atoms with Crippen molar-refractivity contribution < 1.29 is 38.0 Å². The highest BCUT2D eigenvalue weighted by Crippen LogP contribution is 2.36. The number of hydrogen-bond acceptors (Lipinski definition) is 9. The smallest absolute Gasteiger partial charge is 0.343 e. The summed E-state index contributed by atoms with van der Waals surface area (Å²) in [7, 11) is 1.14. The molecule has 1 saturated heterocycles. The second-order valence-corrected chi connectivity index (χ2v) is 10.0. The van der Waals surface area contributed by atoms with Crippen molar-refractivity contribution in [3.05, 3.63) is 0 Å². The molecule has 9 nitrogen and oxygen atoms in total. The fourth-order valence-electron chi connectivity index (χ4n) is 1.93. The predicted molar refractivity (Wildman–Crippen MR) is 74.5 cm³/mol. The number of ether oxygens (including phenoxy) is 3. The Morgan fingerprint density at radius 3 is 1.91 bits per heavy atom. The van der Waals surface area contributed by atoms with Gasteiger partial charge in [0.15, 0.2) is 6.10 Å². The van der Waals surface area contributed by atoms with Crippen molar-refractivity contribution in [2.24, 2.45) is 0 Å². The Morgan fingerprint density at radius 2 is 1.55 bits per heavy atom. The molecule has 0 saturated carbocycles. The molecular weight excluding hydrogens is 314 g/mol. The van der Waals surface area contributed by atoms with Gasteiger partial charge in [0.25, 0.3) is 5.54 Å². The third-order valence-corrected chi connectivity index (χ3v) is 3.60. The van der Waals surface area contributed by atoms with E-state index in [2.05, 4.69) is 14.2 Å². The minimum absolute atomic E-state index is 0.330. The lowest BCUT2D eigenvalue weighted by molar-refractivity contribution is -0.338. The van der Waals surface area contributed by atoms with Gasteiger partial charge in [-0.1, -0.05) is 0 Å². The van der Waals surface area contributed by atoms with E-state index in [4.69, 9.17) is 9.36 Å². The lowest BCUT2D eigenvalue weighted by Gasteiger charge is -2.33. The Hall–Kier alpha value is -1.49. The van der Waals surface area contributed by atoms with Crippen LogP contribution in [-0.2, 0) is 38.0 Å². The predicted octanol–water partition coefficient (Wildman–Crippen LogP) is 0.0166. The second kappa shape index (κ2) is 6.73. The topological polar surface area (TPSA) is 101 Å². The molecule has 1 unspecified atom stereocenters. The molecule has 1 aliphatic heterocycles. The highest BCUT2D eigenvalue weighted by molar-refractivity contribution is 6.69. The van der Waals surface area contributed by atoms with Gasteiger partial charge in [0, 0.05) is 6.42 Å². The SMILES string of the molecule is COC(=O)C1CC(C(=O)OC)(C(=O)OC)N(O[Si](C)(C)C)O1. The molecule has 0 aromatic heterocycles. The van der Waals surface area contributed by atoms with Gasteiger partial charge >= 0.3 is 17.9 Å². The average molecular weight is 335 g/mol. The lowest BCUT2D eigenvalue weighted by atomic mass is 9.94. The van der Waals surface area contributed by atoms with Crippen LogP contribution in [0.25, 0.3) is 0 Å². The van der Waals surface area contributed by atoms with E-state index in [-0.39, 0.29) is 6.42 Å². The van der Waals surface area contributed by atoms with Gasteiger partial charge in [0.1, 0.15) is 0 Å². The zero-order valence-electron chi connectivity index (χ0n) is 13.5. The van der Waals surface area contributed by atoms with Crippen LogP contribution in [0.1, 0.15) is 6.42 Å². The van der Waals surface area contributed by atoms with E-state index in [1.54, 1.807) is 0 Å². The third-order valence-electron chi connectivity index (χ3n) is 2.88. The van der Waals surface area contributed by atoms with Crippen molar-refractivity contribution in [2.75, 3.05) is 21.3 Å². The number of carbonyl (C=O) groups excluding carboxylic acids is 3. The molecule has 0 aliphatic carbocycles. The molecule has 0 aromatic rings. The normalized spacial score (nSPS) is 21.3. The first kappa shape index (κ1) is 18.6. The van der Waals surface area contributed by atoms with E-state index in [9.17, 15) is 14.4 Å². The van der Waals surface area contributed by atoms with Crippen molar-refractivity contribution in [1.82, 2.24) is 5.23 Å². The van der Waals surface area contributed by atoms with Crippen molar-refractivity contribution in [1.29, 1.82) is 0 Å². The molecule has 0 spiro atoms. The summed E-state index contributed by atoms with van der Waals surface area (Å²) in [5.74, 6) is -2.62. The average Bonchev–Trinajstić information content (AvgIpc) is 2.82. The van der Waals surface area contributed by atoms with Gasteiger partial charge in [-0.05, 0) is 24.9 Å². The minimum Gasteiger partial charge on any atom is -0.467 e. The van der Waals surface area contributed by atoms with Gasteiger partial charge in [-0.2, -0.15) is 0 Å². The summed E-state index contributed by atoms with van der Waals surface area (Å²) >= 11 is 0. The van der Waals surface area contributed by atoms with Crippen LogP contribution in [-0.4, -0.2) is 64.4 Å². The molecule has 1 heterocycles. The van der Waals surface area contributed by atoms with Gasteiger partial charge in [0.05, 0.1) is 21.3 Å². The molecular formula is C12H21NO8Si. The van der Waals surface area contributed by atoms with Crippen LogP contribution >= 0.6 is 0 Å². The van der Waals surface area contributed by atoms with Crippen LogP contribution in [0.5, 0.6) is 0 Å². The molecule has 0 bridgehead atoms. The number of esters is 3. The molecule has 126 valence electrons. The van der Waals surface area contributed by atoms with Crippen LogP contribution in [0.15, 0.2) is 0 Å². The number of nitrogens with zero attached hydrogens (tertiary/aromatic N) is 1. The summed E-state index contributed by atoms with van der Waals surface area (Å²) < 4.78 is 19.6. The third kappa shape index (κ3) is 3.46.